The second-order valence-corrected chi connectivity index (χ2v) is 3.10. The van der Waals surface area contributed by atoms with Gasteiger partial charge in [-0.2, -0.15) is 0 Å². The lowest BCUT2D eigenvalue weighted by Gasteiger charge is -2.00. The molecule has 0 saturated carbocycles. The van der Waals surface area contributed by atoms with Crippen LogP contribution in [0.1, 0.15) is 5.56 Å². The van der Waals surface area contributed by atoms with E-state index < -0.39 is 5.63 Å². The summed E-state index contributed by atoms with van der Waals surface area (Å²) in [7, 11) is 0. The Balaban J connectivity index is 0.00000112. The summed E-state index contributed by atoms with van der Waals surface area (Å²) in [6.07, 6.45) is 0. The Morgan fingerprint density at radius 3 is 2.40 bits per heavy atom. The first-order valence-corrected chi connectivity index (χ1v) is 4.04. The Kier molecular flexibility index (Phi) is 2.90. The maximum Gasteiger partial charge on any atom is 0.339 e. The lowest BCUT2D eigenvalue weighted by molar-refractivity contribution is 0.403. The second-order valence-electron chi connectivity index (χ2n) is 3.10. The van der Waals surface area contributed by atoms with Gasteiger partial charge in [0.1, 0.15) is 5.58 Å². The molecule has 0 saturated heterocycles. The van der Waals surface area contributed by atoms with Crippen molar-refractivity contribution in [3.63, 3.8) is 0 Å². The maximum atomic E-state index is 11.1. The zero-order valence-electron chi connectivity index (χ0n) is 7.85. The van der Waals surface area contributed by atoms with Crippen LogP contribution in [0.5, 0.6) is 11.5 Å². The molecular formula is C10H9ClO4. The van der Waals surface area contributed by atoms with Crippen molar-refractivity contribution in [2.45, 2.75) is 6.92 Å². The molecule has 0 unspecified atom stereocenters. The van der Waals surface area contributed by atoms with Crippen molar-refractivity contribution in [3.8, 4) is 11.5 Å². The van der Waals surface area contributed by atoms with Crippen molar-refractivity contribution in [1.82, 2.24) is 0 Å². The molecule has 0 amide bonds. The van der Waals surface area contributed by atoms with Gasteiger partial charge in [-0.1, -0.05) is 0 Å². The van der Waals surface area contributed by atoms with Gasteiger partial charge in [0.25, 0.3) is 0 Å². The minimum atomic E-state index is -0.442. The first-order chi connectivity index (χ1) is 6.58. The van der Waals surface area contributed by atoms with Gasteiger partial charge in [-0.3, -0.25) is 0 Å². The van der Waals surface area contributed by atoms with Crippen LogP contribution in [0.25, 0.3) is 11.0 Å². The Bertz CT molecular complexity index is 559. The molecule has 1 heterocycles. The van der Waals surface area contributed by atoms with Crippen LogP contribution in [-0.2, 0) is 0 Å². The van der Waals surface area contributed by atoms with E-state index >= 15 is 0 Å². The number of benzene rings is 1. The predicted molar refractivity (Wildman–Crippen MR) is 57.8 cm³/mol. The van der Waals surface area contributed by atoms with Crippen LogP contribution in [0.4, 0.5) is 0 Å². The van der Waals surface area contributed by atoms with Crippen LogP contribution < -0.4 is 5.63 Å². The van der Waals surface area contributed by atoms with Gasteiger partial charge in [0.2, 0.25) is 0 Å². The summed E-state index contributed by atoms with van der Waals surface area (Å²) < 4.78 is 4.90. The maximum absolute atomic E-state index is 11.1. The molecule has 15 heavy (non-hydrogen) atoms. The molecule has 0 radical (unpaired) electrons. The molecule has 0 aliphatic heterocycles. The number of halogens is 1. The zero-order valence-corrected chi connectivity index (χ0v) is 8.67. The topological polar surface area (TPSA) is 70.7 Å². The molecule has 0 aliphatic carbocycles. The molecule has 0 bridgehead atoms. The fraction of sp³-hybridized carbons (Fsp3) is 0.100. The molecule has 0 atom stereocenters. The van der Waals surface area contributed by atoms with Crippen LogP contribution >= 0.6 is 12.4 Å². The van der Waals surface area contributed by atoms with E-state index in [1.807, 2.05) is 0 Å². The minimum absolute atomic E-state index is 0. The number of aryl methyl sites for hydroxylation is 1. The van der Waals surface area contributed by atoms with Crippen LogP contribution in [0.2, 0.25) is 0 Å². The summed E-state index contributed by atoms with van der Waals surface area (Å²) in [5.74, 6) is -0.532. The Hall–Kier alpha value is -1.68. The normalized spacial score (nSPS) is 9.93. The number of fused-ring (bicyclic) bond motifs is 1. The van der Waals surface area contributed by atoms with Crippen LogP contribution in [0, 0.1) is 6.92 Å². The highest BCUT2D eigenvalue weighted by Crippen LogP contribution is 2.29. The lowest BCUT2D eigenvalue weighted by atomic mass is 10.2. The Morgan fingerprint density at radius 1 is 1.13 bits per heavy atom. The van der Waals surface area contributed by atoms with E-state index in [4.69, 9.17) is 9.52 Å². The molecule has 1 aromatic carbocycles. The highest BCUT2D eigenvalue weighted by Gasteiger charge is 2.05. The number of phenols is 2. The third-order valence-electron chi connectivity index (χ3n) is 2.00. The first-order valence-electron chi connectivity index (χ1n) is 4.04. The number of phenolic OH excluding ortho intramolecular Hbond substituents is 2. The molecule has 5 heteroatoms. The predicted octanol–water partition coefficient (Wildman–Crippen LogP) is 1.93. The number of rotatable bonds is 0. The summed E-state index contributed by atoms with van der Waals surface area (Å²) in [4.78, 5) is 11.1. The van der Waals surface area contributed by atoms with Crippen molar-refractivity contribution in [3.05, 3.63) is 34.2 Å². The van der Waals surface area contributed by atoms with E-state index in [9.17, 15) is 9.90 Å². The van der Waals surface area contributed by atoms with Crippen LogP contribution in [0.3, 0.4) is 0 Å². The highest BCUT2D eigenvalue weighted by molar-refractivity contribution is 5.85. The van der Waals surface area contributed by atoms with Gasteiger partial charge in [-0.15, -0.1) is 12.4 Å². The van der Waals surface area contributed by atoms with E-state index in [0.29, 0.717) is 10.9 Å². The lowest BCUT2D eigenvalue weighted by Crippen LogP contribution is -2.01. The molecule has 80 valence electrons. The third-order valence-corrected chi connectivity index (χ3v) is 2.00. The van der Waals surface area contributed by atoms with Crippen LogP contribution in [0.15, 0.2) is 27.4 Å². The van der Waals surface area contributed by atoms with Gasteiger partial charge >= 0.3 is 5.63 Å². The van der Waals surface area contributed by atoms with Crippen molar-refractivity contribution in [1.29, 1.82) is 0 Å². The molecule has 1 aromatic heterocycles. The van der Waals surface area contributed by atoms with E-state index in [2.05, 4.69) is 0 Å². The standard InChI is InChI=1S/C10H8O4.ClH/c1-5-2-6-3-7(11)8(12)4-9(6)14-10(5)13;/h2-4,11-12H,1H3;1H. The quantitative estimate of drug-likeness (QED) is 0.534. The average molecular weight is 229 g/mol. The van der Waals surface area contributed by atoms with Gasteiger partial charge < -0.3 is 14.6 Å². The van der Waals surface area contributed by atoms with E-state index in [1.165, 1.54) is 12.1 Å². The molecule has 0 aliphatic rings. The minimum Gasteiger partial charge on any atom is -0.504 e. The molecule has 2 rings (SSSR count). The number of aromatic hydroxyl groups is 2. The molecule has 2 N–H and O–H groups in total. The highest BCUT2D eigenvalue weighted by atomic mass is 35.5. The summed E-state index contributed by atoms with van der Waals surface area (Å²) in [6.45, 7) is 1.62. The molecule has 0 spiro atoms. The second kappa shape index (κ2) is 3.82. The van der Waals surface area contributed by atoms with Gasteiger partial charge in [-0.05, 0) is 19.1 Å². The van der Waals surface area contributed by atoms with Crippen molar-refractivity contribution in [2.75, 3.05) is 0 Å². The fourth-order valence-electron chi connectivity index (χ4n) is 1.25. The van der Waals surface area contributed by atoms with E-state index in [0.717, 1.165) is 0 Å². The first kappa shape index (κ1) is 11.4. The number of hydrogen-bond acceptors (Lipinski definition) is 4. The van der Waals surface area contributed by atoms with E-state index in [1.54, 1.807) is 13.0 Å². The summed E-state index contributed by atoms with van der Waals surface area (Å²) in [5, 5.41) is 19.0. The van der Waals surface area contributed by atoms with Crippen LogP contribution in [-0.4, -0.2) is 10.2 Å². The summed E-state index contributed by atoms with van der Waals surface area (Å²) in [5.41, 5.74) is 0.279. The smallest absolute Gasteiger partial charge is 0.339 e. The monoisotopic (exact) mass is 228 g/mol. The van der Waals surface area contributed by atoms with Gasteiger partial charge in [0, 0.05) is 17.0 Å². The SMILES string of the molecule is Cc1cc2cc(O)c(O)cc2oc1=O.Cl. The fourth-order valence-corrected chi connectivity index (χ4v) is 1.25. The Morgan fingerprint density at radius 2 is 1.73 bits per heavy atom. The van der Waals surface area contributed by atoms with Crippen molar-refractivity contribution in [2.24, 2.45) is 0 Å². The molecule has 4 nitrogen and oxygen atoms in total. The third kappa shape index (κ3) is 1.89. The molecule has 2 aromatic rings. The van der Waals surface area contributed by atoms with Crippen molar-refractivity contribution < 1.29 is 14.6 Å². The molecular weight excluding hydrogens is 220 g/mol. The summed E-state index contributed by atoms with van der Waals surface area (Å²) >= 11 is 0. The van der Waals surface area contributed by atoms with Gasteiger partial charge in [0.15, 0.2) is 11.5 Å². The Labute approximate surface area is 91.2 Å². The van der Waals surface area contributed by atoms with E-state index in [-0.39, 0.29) is 29.5 Å². The average Bonchev–Trinajstić information content (AvgIpc) is 2.11. The van der Waals surface area contributed by atoms with Crippen molar-refractivity contribution >= 4 is 23.4 Å². The number of hydrogen-bond donors (Lipinski definition) is 2. The zero-order chi connectivity index (χ0) is 10.3. The van der Waals surface area contributed by atoms with Gasteiger partial charge in [-0.25, -0.2) is 4.79 Å². The largest absolute Gasteiger partial charge is 0.504 e. The summed E-state index contributed by atoms with van der Waals surface area (Å²) in [6, 6.07) is 4.16. The van der Waals surface area contributed by atoms with Gasteiger partial charge in [0.05, 0.1) is 0 Å². The molecule has 0 fully saturated rings.